The molecule has 1 saturated carbocycles. The number of rotatable bonds is 7. The van der Waals surface area contributed by atoms with Gasteiger partial charge in [0.2, 0.25) is 10.0 Å². The lowest BCUT2D eigenvalue weighted by Crippen LogP contribution is -2.50. The molecule has 3 amide bonds. The summed E-state index contributed by atoms with van der Waals surface area (Å²) in [6.07, 6.45) is 4.37. The number of hydrogen-bond acceptors (Lipinski definition) is 5. The van der Waals surface area contributed by atoms with E-state index in [4.69, 9.17) is 11.6 Å². The average molecular weight is 499 g/mol. The monoisotopic (exact) mass is 498 g/mol. The Hall–Kier alpha value is -2.70. The maximum absolute atomic E-state index is 14.5. The summed E-state index contributed by atoms with van der Waals surface area (Å²) in [6.45, 7) is 1.30. The van der Waals surface area contributed by atoms with Gasteiger partial charge in [0, 0.05) is 45.0 Å². The van der Waals surface area contributed by atoms with Crippen molar-refractivity contribution in [3.8, 4) is 11.3 Å². The van der Waals surface area contributed by atoms with Crippen LogP contribution in [0.25, 0.3) is 11.3 Å². The Morgan fingerprint density at radius 3 is 2.61 bits per heavy atom. The SMILES string of the molecule is CN1CCN([C@H]2C[C@@H](CS(=O)(=O)NNC(=O)c3cc(-c4cn(C)cn4)cc(Cl)c3F)C2)C1=O. The number of halogens is 2. The summed E-state index contributed by atoms with van der Waals surface area (Å²) in [5.74, 6) is -2.29. The molecule has 0 radical (unpaired) electrons. The van der Waals surface area contributed by atoms with E-state index in [2.05, 4.69) is 10.4 Å². The van der Waals surface area contributed by atoms with E-state index in [0.29, 0.717) is 37.2 Å². The van der Waals surface area contributed by atoms with Gasteiger partial charge in [0.1, 0.15) is 0 Å². The second-order valence-corrected chi connectivity index (χ2v) is 10.6. The van der Waals surface area contributed by atoms with E-state index in [1.54, 1.807) is 41.0 Å². The minimum Gasteiger partial charge on any atom is -0.340 e. The summed E-state index contributed by atoms with van der Waals surface area (Å²) in [5, 5.41) is -0.284. The number of likely N-dealkylation sites (N-methyl/N-ethyl adjacent to an activating group) is 1. The van der Waals surface area contributed by atoms with Gasteiger partial charge in [-0.15, -0.1) is 4.83 Å². The number of benzene rings is 1. The Kier molecular flexibility index (Phi) is 6.34. The molecule has 4 rings (SSSR count). The molecule has 0 spiro atoms. The van der Waals surface area contributed by atoms with E-state index >= 15 is 0 Å². The number of nitrogens with zero attached hydrogens (tertiary/aromatic N) is 4. The highest BCUT2D eigenvalue weighted by Gasteiger charge is 2.41. The molecule has 10 nitrogen and oxygen atoms in total. The lowest BCUT2D eigenvalue weighted by Gasteiger charge is -2.40. The van der Waals surface area contributed by atoms with Gasteiger partial charge in [-0.25, -0.2) is 22.6 Å². The number of hydrogen-bond donors (Lipinski definition) is 2. The Bertz CT molecular complexity index is 1200. The van der Waals surface area contributed by atoms with E-state index in [9.17, 15) is 22.4 Å². The maximum atomic E-state index is 14.5. The molecule has 0 unspecified atom stereocenters. The normalized spacial score (nSPS) is 20.8. The van der Waals surface area contributed by atoms with E-state index in [1.165, 1.54) is 12.1 Å². The van der Waals surface area contributed by atoms with E-state index in [0.717, 1.165) is 0 Å². The zero-order chi connectivity index (χ0) is 23.9. The smallest absolute Gasteiger partial charge is 0.320 e. The lowest BCUT2D eigenvalue weighted by molar-refractivity contribution is 0.0939. The minimum atomic E-state index is -3.86. The van der Waals surface area contributed by atoms with Crippen molar-refractivity contribution in [1.82, 2.24) is 29.6 Å². The van der Waals surface area contributed by atoms with Crippen LogP contribution in [0.15, 0.2) is 24.7 Å². The van der Waals surface area contributed by atoms with Gasteiger partial charge in [0.15, 0.2) is 5.82 Å². The Morgan fingerprint density at radius 2 is 2.00 bits per heavy atom. The van der Waals surface area contributed by atoms with Crippen LogP contribution in [0.2, 0.25) is 5.02 Å². The molecule has 2 aromatic rings. The van der Waals surface area contributed by atoms with Crippen molar-refractivity contribution in [3.63, 3.8) is 0 Å². The third-order valence-corrected chi connectivity index (χ3v) is 7.55. The third kappa shape index (κ3) is 4.97. The van der Waals surface area contributed by atoms with Crippen LogP contribution in [0.1, 0.15) is 23.2 Å². The van der Waals surface area contributed by atoms with Gasteiger partial charge in [-0.2, -0.15) is 0 Å². The van der Waals surface area contributed by atoms with E-state index in [-0.39, 0.29) is 28.8 Å². The Morgan fingerprint density at radius 1 is 1.27 bits per heavy atom. The van der Waals surface area contributed by atoms with E-state index < -0.39 is 27.3 Å². The second kappa shape index (κ2) is 8.92. The molecule has 2 fully saturated rings. The van der Waals surface area contributed by atoms with Gasteiger partial charge >= 0.3 is 6.03 Å². The minimum absolute atomic E-state index is 0.0304. The first-order valence-electron chi connectivity index (χ1n) is 10.3. The average Bonchev–Trinajstić information content (AvgIpc) is 3.30. The van der Waals surface area contributed by atoms with Crippen molar-refractivity contribution in [2.45, 2.75) is 18.9 Å². The number of urea groups is 1. The molecule has 1 aliphatic heterocycles. The number of carbonyl (C=O) groups excluding carboxylic acids is 2. The Balaban J connectivity index is 1.35. The number of imidazole rings is 1. The van der Waals surface area contributed by atoms with Crippen molar-refractivity contribution in [3.05, 3.63) is 41.1 Å². The summed E-state index contributed by atoms with van der Waals surface area (Å²) >= 11 is 5.93. The van der Waals surface area contributed by atoms with Crippen molar-refractivity contribution in [1.29, 1.82) is 0 Å². The number of sulfonamides is 1. The first kappa shape index (κ1) is 23.5. The summed E-state index contributed by atoms with van der Waals surface area (Å²) in [4.78, 5) is 34.1. The topological polar surface area (TPSA) is 117 Å². The van der Waals surface area contributed by atoms with Crippen LogP contribution in [0.4, 0.5) is 9.18 Å². The predicted molar refractivity (Wildman–Crippen MR) is 119 cm³/mol. The molecule has 0 atom stereocenters. The standard InChI is InChI=1S/C20H24ClFN6O4S/c1-26-9-17(23-11-26)13-7-15(18(22)16(21)8-13)19(29)24-25-33(31,32)10-12-5-14(6-12)28-4-3-27(2)20(28)30/h7-9,11-12,14,25H,3-6,10H2,1-2H3,(H,24,29)/t12-,14+. The highest BCUT2D eigenvalue weighted by Crippen LogP contribution is 2.34. The fourth-order valence-electron chi connectivity index (χ4n) is 4.11. The van der Waals surface area contributed by atoms with Crippen LogP contribution >= 0.6 is 11.6 Å². The number of aromatic nitrogens is 2. The highest BCUT2D eigenvalue weighted by molar-refractivity contribution is 7.89. The van der Waals surface area contributed by atoms with Gasteiger partial charge in [0.05, 0.1) is 28.4 Å². The fourth-order valence-corrected chi connectivity index (χ4v) is 5.55. The van der Waals surface area contributed by atoms with Crippen molar-refractivity contribution in [2.24, 2.45) is 13.0 Å². The fraction of sp³-hybridized carbons (Fsp3) is 0.450. The number of carbonyl (C=O) groups is 2. The van der Waals surface area contributed by atoms with Gasteiger partial charge < -0.3 is 14.4 Å². The molecule has 1 aromatic carbocycles. The van der Waals surface area contributed by atoms with Gasteiger partial charge in [-0.1, -0.05) is 11.6 Å². The number of nitrogens with one attached hydrogen (secondary N) is 2. The third-order valence-electron chi connectivity index (χ3n) is 5.95. The first-order chi connectivity index (χ1) is 15.5. The summed E-state index contributed by atoms with van der Waals surface area (Å²) in [7, 11) is -0.371. The molecular weight excluding hydrogens is 475 g/mol. The number of amides is 3. The largest absolute Gasteiger partial charge is 0.340 e. The molecular formula is C20H24ClFN6O4S. The zero-order valence-electron chi connectivity index (χ0n) is 18.1. The first-order valence-corrected chi connectivity index (χ1v) is 12.4. The molecule has 2 aliphatic rings. The van der Waals surface area contributed by atoms with Gasteiger partial charge in [0.25, 0.3) is 5.91 Å². The van der Waals surface area contributed by atoms with Crippen molar-refractivity contribution in [2.75, 3.05) is 25.9 Å². The summed E-state index contributed by atoms with van der Waals surface area (Å²) in [6, 6.07) is 2.59. The van der Waals surface area contributed by atoms with Crippen LogP contribution in [-0.2, 0) is 17.1 Å². The molecule has 33 heavy (non-hydrogen) atoms. The van der Waals surface area contributed by atoms with Gasteiger partial charge in [-0.3, -0.25) is 10.2 Å². The highest BCUT2D eigenvalue weighted by atomic mass is 35.5. The van der Waals surface area contributed by atoms with Crippen molar-refractivity contribution >= 4 is 33.6 Å². The summed E-state index contributed by atoms with van der Waals surface area (Å²) < 4.78 is 41.0. The molecule has 1 aromatic heterocycles. The van der Waals surface area contributed by atoms with Crippen LogP contribution in [0.5, 0.6) is 0 Å². The van der Waals surface area contributed by atoms with Crippen LogP contribution in [-0.4, -0.2) is 71.6 Å². The van der Waals surface area contributed by atoms with Crippen molar-refractivity contribution < 1.29 is 22.4 Å². The Labute approximate surface area is 195 Å². The quantitative estimate of drug-likeness (QED) is 0.562. The number of aryl methyl sites for hydroxylation is 1. The molecule has 0 bridgehead atoms. The molecule has 13 heteroatoms. The summed E-state index contributed by atoms with van der Waals surface area (Å²) in [5.41, 5.74) is 2.54. The van der Waals surface area contributed by atoms with E-state index in [1.807, 2.05) is 4.83 Å². The van der Waals surface area contributed by atoms with Crippen LogP contribution in [0, 0.1) is 11.7 Å². The van der Waals surface area contributed by atoms with Crippen LogP contribution < -0.4 is 10.3 Å². The number of hydrazine groups is 1. The van der Waals surface area contributed by atoms with Crippen LogP contribution in [0.3, 0.4) is 0 Å². The molecule has 2 N–H and O–H groups in total. The van der Waals surface area contributed by atoms with Gasteiger partial charge in [-0.05, 0) is 30.9 Å². The maximum Gasteiger partial charge on any atom is 0.320 e. The molecule has 1 aliphatic carbocycles. The molecule has 2 heterocycles. The zero-order valence-corrected chi connectivity index (χ0v) is 19.7. The lowest BCUT2D eigenvalue weighted by atomic mass is 9.81. The molecule has 178 valence electrons. The predicted octanol–water partition coefficient (Wildman–Crippen LogP) is 1.59. The molecule has 1 saturated heterocycles. The second-order valence-electron chi connectivity index (χ2n) is 8.47.